The molecule has 0 atom stereocenters. The summed E-state index contributed by atoms with van der Waals surface area (Å²) in [6.45, 7) is 3.32. The Bertz CT molecular complexity index is 1030. The Balaban J connectivity index is 2.11. The van der Waals surface area contributed by atoms with Gasteiger partial charge in [0.05, 0.1) is 10.9 Å². The zero-order valence-electron chi connectivity index (χ0n) is 14.9. The fourth-order valence-electron chi connectivity index (χ4n) is 2.36. The highest BCUT2D eigenvalue weighted by atomic mass is 16.5. The van der Waals surface area contributed by atoms with Gasteiger partial charge in [-0.15, -0.1) is 0 Å². The summed E-state index contributed by atoms with van der Waals surface area (Å²) in [5.74, 6) is -0.547. The summed E-state index contributed by atoms with van der Waals surface area (Å²) in [4.78, 5) is 39.8. The molecular formula is C20H17NO6. The Morgan fingerprint density at radius 2 is 1.56 bits per heavy atom. The van der Waals surface area contributed by atoms with Crippen LogP contribution in [0, 0.1) is 0 Å². The minimum Gasteiger partial charge on any atom is -0.426 e. The molecule has 0 aliphatic carbocycles. The van der Waals surface area contributed by atoms with Gasteiger partial charge in [0.15, 0.2) is 0 Å². The van der Waals surface area contributed by atoms with Crippen LogP contribution in [0.3, 0.4) is 0 Å². The van der Waals surface area contributed by atoms with Crippen molar-refractivity contribution in [3.63, 3.8) is 0 Å². The van der Waals surface area contributed by atoms with Gasteiger partial charge in [-0.1, -0.05) is 26.0 Å². The third kappa shape index (κ3) is 4.20. The maximum atomic E-state index is 12.2. The van der Waals surface area contributed by atoms with Crippen molar-refractivity contribution in [1.29, 1.82) is 0 Å². The smallest absolute Gasteiger partial charge is 0.347 e. The third-order valence-electron chi connectivity index (χ3n) is 3.70. The summed E-state index contributed by atoms with van der Waals surface area (Å²) in [5.41, 5.74) is 0.267. The van der Waals surface area contributed by atoms with Crippen LogP contribution in [-0.2, 0) is 9.59 Å². The second kappa shape index (κ2) is 7.82. The van der Waals surface area contributed by atoms with Gasteiger partial charge in [-0.3, -0.25) is 9.59 Å². The standard InChI is InChI=1S/C20H17NO6/c1-3-17(22)25-13-9-12(10-14(11-13)26-18(23)4-2)19-21-16-8-6-5-7-15(16)20(24)27-19/h5-11H,3-4H2,1-2H3. The first-order chi connectivity index (χ1) is 13.0. The Morgan fingerprint density at radius 3 is 2.15 bits per heavy atom. The monoisotopic (exact) mass is 367 g/mol. The highest BCUT2D eigenvalue weighted by Crippen LogP contribution is 2.30. The number of fused-ring (bicyclic) bond motifs is 1. The van der Waals surface area contributed by atoms with Crippen molar-refractivity contribution in [2.24, 2.45) is 0 Å². The number of hydrogen-bond donors (Lipinski definition) is 0. The fraction of sp³-hybridized carbons (Fsp3) is 0.200. The predicted molar refractivity (Wildman–Crippen MR) is 97.6 cm³/mol. The summed E-state index contributed by atoms with van der Waals surface area (Å²) in [7, 11) is 0. The van der Waals surface area contributed by atoms with E-state index in [0.29, 0.717) is 16.5 Å². The van der Waals surface area contributed by atoms with Crippen LogP contribution < -0.4 is 15.1 Å². The molecule has 0 saturated heterocycles. The van der Waals surface area contributed by atoms with E-state index in [4.69, 9.17) is 13.9 Å². The number of carbonyl (C=O) groups excluding carboxylic acids is 2. The molecule has 3 aromatic rings. The van der Waals surface area contributed by atoms with Gasteiger partial charge in [0, 0.05) is 24.5 Å². The maximum Gasteiger partial charge on any atom is 0.347 e. The Labute approximate surface area is 154 Å². The van der Waals surface area contributed by atoms with Crippen LogP contribution in [0.4, 0.5) is 0 Å². The normalized spacial score (nSPS) is 10.6. The van der Waals surface area contributed by atoms with Crippen molar-refractivity contribution in [2.75, 3.05) is 0 Å². The third-order valence-corrected chi connectivity index (χ3v) is 3.70. The molecule has 138 valence electrons. The number of hydrogen-bond acceptors (Lipinski definition) is 7. The average Bonchev–Trinajstić information content (AvgIpc) is 2.67. The molecule has 0 N–H and O–H groups in total. The SMILES string of the molecule is CCC(=O)Oc1cc(OC(=O)CC)cc(-c2nc3ccccc3c(=O)o2)c1. The van der Waals surface area contributed by atoms with Crippen molar-refractivity contribution in [2.45, 2.75) is 26.7 Å². The first kappa shape index (κ1) is 18.3. The van der Waals surface area contributed by atoms with Gasteiger partial charge >= 0.3 is 17.6 Å². The molecule has 7 nitrogen and oxygen atoms in total. The molecule has 2 aromatic carbocycles. The Hall–Kier alpha value is -3.48. The Kier molecular flexibility index (Phi) is 5.30. The zero-order valence-corrected chi connectivity index (χ0v) is 14.9. The van der Waals surface area contributed by atoms with Gasteiger partial charge in [-0.05, 0) is 24.3 Å². The molecule has 0 amide bonds. The van der Waals surface area contributed by atoms with Crippen LogP contribution in [0.5, 0.6) is 11.5 Å². The topological polar surface area (TPSA) is 95.7 Å². The van der Waals surface area contributed by atoms with E-state index in [2.05, 4.69) is 4.98 Å². The number of nitrogens with zero attached hydrogens (tertiary/aromatic N) is 1. The summed E-state index contributed by atoms with van der Waals surface area (Å²) in [6.07, 6.45) is 0.356. The molecule has 0 fully saturated rings. The molecule has 0 aliphatic heterocycles. The van der Waals surface area contributed by atoms with Crippen molar-refractivity contribution < 1.29 is 23.5 Å². The molecule has 1 heterocycles. The molecule has 3 rings (SSSR count). The molecule has 0 unspecified atom stereocenters. The van der Waals surface area contributed by atoms with E-state index in [1.807, 2.05) is 0 Å². The molecule has 0 aliphatic rings. The molecule has 0 spiro atoms. The molecule has 0 radical (unpaired) electrons. The molecule has 7 heteroatoms. The van der Waals surface area contributed by atoms with Crippen LogP contribution in [0.1, 0.15) is 26.7 Å². The van der Waals surface area contributed by atoms with Gasteiger partial charge in [0.25, 0.3) is 0 Å². The second-order valence-electron chi connectivity index (χ2n) is 5.67. The summed E-state index contributed by atoms with van der Waals surface area (Å²) >= 11 is 0. The lowest BCUT2D eigenvalue weighted by atomic mass is 10.2. The lowest BCUT2D eigenvalue weighted by Crippen LogP contribution is -2.08. The number of rotatable bonds is 5. The largest absolute Gasteiger partial charge is 0.426 e. The fourth-order valence-corrected chi connectivity index (χ4v) is 2.36. The molecule has 1 aromatic heterocycles. The minimum absolute atomic E-state index is 0.0295. The zero-order chi connectivity index (χ0) is 19.4. The predicted octanol–water partition coefficient (Wildman–Crippen LogP) is 3.49. The van der Waals surface area contributed by atoms with E-state index in [-0.39, 0.29) is 30.2 Å². The number of aromatic nitrogens is 1. The number of ether oxygens (including phenoxy) is 2. The Morgan fingerprint density at radius 1 is 0.963 bits per heavy atom. The number of benzene rings is 2. The van der Waals surface area contributed by atoms with E-state index in [0.717, 1.165) is 0 Å². The summed E-state index contributed by atoms with van der Waals surface area (Å²) in [5, 5.41) is 0.354. The van der Waals surface area contributed by atoms with Crippen molar-refractivity contribution in [3.05, 3.63) is 52.9 Å². The van der Waals surface area contributed by atoms with Crippen molar-refractivity contribution >= 4 is 22.8 Å². The quantitative estimate of drug-likeness (QED) is 0.503. The van der Waals surface area contributed by atoms with Crippen LogP contribution in [-0.4, -0.2) is 16.9 Å². The van der Waals surface area contributed by atoms with Crippen LogP contribution in [0.15, 0.2) is 51.7 Å². The molecular weight excluding hydrogens is 350 g/mol. The summed E-state index contributed by atoms with van der Waals surface area (Å²) in [6, 6.07) is 11.2. The van der Waals surface area contributed by atoms with E-state index >= 15 is 0 Å². The van der Waals surface area contributed by atoms with Crippen LogP contribution in [0.2, 0.25) is 0 Å². The molecule has 0 bridgehead atoms. The van der Waals surface area contributed by atoms with Crippen LogP contribution in [0.25, 0.3) is 22.4 Å². The molecule has 27 heavy (non-hydrogen) atoms. The lowest BCUT2D eigenvalue weighted by Gasteiger charge is -2.09. The van der Waals surface area contributed by atoms with Gasteiger partial charge in [0.2, 0.25) is 5.89 Å². The number of para-hydroxylation sites is 1. The second-order valence-corrected chi connectivity index (χ2v) is 5.67. The van der Waals surface area contributed by atoms with Gasteiger partial charge in [0.1, 0.15) is 11.5 Å². The maximum absolute atomic E-state index is 12.2. The minimum atomic E-state index is -0.543. The van der Waals surface area contributed by atoms with Gasteiger partial charge < -0.3 is 13.9 Å². The van der Waals surface area contributed by atoms with E-state index < -0.39 is 17.6 Å². The highest BCUT2D eigenvalue weighted by molar-refractivity contribution is 5.79. The average molecular weight is 367 g/mol. The first-order valence-corrected chi connectivity index (χ1v) is 8.47. The number of esters is 2. The lowest BCUT2D eigenvalue weighted by molar-refractivity contribution is -0.134. The highest BCUT2D eigenvalue weighted by Gasteiger charge is 2.14. The van der Waals surface area contributed by atoms with E-state index in [1.165, 1.54) is 18.2 Å². The van der Waals surface area contributed by atoms with Gasteiger partial charge in [-0.25, -0.2) is 9.78 Å². The van der Waals surface area contributed by atoms with E-state index in [1.54, 1.807) is 38.1 Å². The molecule has 0 saturated carbocycles. The van der Waals surface area contributed by atoms with Crippen LogP contribution >= 0.6 is 0 Å². The van der Waals surface area contributed by atoms with Crippen molar-refractivity contribution in [1.82, 2.24) is 4.98 Å². The van der Waals surface area contributed by atoms with E-state index in [9.17, 15) is 14.4 Å². The first-order valence-electron chi connectivity index (χ1n) is 8.47. The number of carbonyl (C=O) groups is 2. The van der Waals surface area contributed by atoms with Crippen molar-refractivity contribution in [3.8, 4) is 23.0 Å². The summed E-state index contributed by atoms with van der Waals surface area (Å²) < 4.78 is 15.7. The van der Waals surface area contributed by atoms with Gasteiger partial charge in [-0.2, -0.15) is 0 Å².